The number of hydrogen-bond acceptors (Lipinski definition) is 3. The number of hydrogen-bond donors (Lipinski definition) is 0. The fourth-order valence-electron chi connectivity index (χ4n) is 3.20. The first-order valence-corrected chi connectivity index (χ1v) is 6.84. The van der Waals surface area contributed by atoms with E-state index in [2.05, 4.69) is 33.8 Å². The fraction of sp³-hybridized carbons (Fsp3) is 0.529. The highest BCUT2D eigenvalue weighted by atomic mass is 16.5. The molecule has 1 aromatic carbocycles. The second-order valence-corrected chi connectivity index (χ2v) is 6.62. The molecule has 0 bridgehead atoms. The van der Waals surface area contributed by atoms with Crippen molar-refractivity contribution in [1.82, 2.24) is 0 Å². The van der Waals surface area contributed by atoms with Crippen molar-refractivity contribution < 1.29 is 9.53 Å². The van der Waals surface area contributed by atoms with Gasteiger partial charge in [0.15, 0.2) is 5.78 Å². The van der Waals surface area contributed by atoms with Crippen LogP contribution in [0.4, 0.5) is 0 Å². The van der Waals surface area contributed by atoms with E-state index >= 15 is 0 Å². The quantitative estimate of drug-likeness (QED) is 0.841. The number of rotatable bonds is 4. The third-order valence-corrected chi connectivity index (χ3v) is 5.15. The first-order valence-electron chi connectivity index (χ1n) is 6.84. The summed E-state index contributed by atoms with van der Waals surface area (Å²) in [6.07, 6.45) is 0. The van der Waals surface area contributed by atoms with Gasteiger partial charge in [-0.05, 0) is 28.5 Å². The minimum Gasteiger partial charge on any atom is -0.497 e. The number of nitrogens with zero attached hydrogens (tertiary/aromatic N) is 1. The molecule has 3 nitrogen and oxygen atoms in total. The summed E-state index contributed by atoms with van der Waals surface area (Å²) in [6, 6.07) is 9.38. The van der Waals surface area contributed by atoms with Crippen LogP contribution in [0.25, 0.3) is 0 Å². The van der Waals surface area contributed by atoms with Crippen LogP contribution in [0.1, 0.15) is 39.2 Å². The van der Waals surface area contributed by atoms with Crippen LogP contribution in [-0.4, -0.2) is 12.9 Å². The minimum atomic E-state index is -0.712. The molecular formula is C17H21NO2. The third-order valence-electron chi connectivity index (χ3n) is 5.15. The number of carbonyl (C=O) groups is 1. The first-order chi connectivity index (χ1) is 9.27. The van der Waals surface area contributed by atoms with Crippen molar-refractivity contribution in [3.8, 4) is 11.8 Å². The zero-order chi connectivity index (χ0) is 15.1. The fourth-order valence-corrected chi connectivity index (χ4v) is 3.20. The standard InChI is InChI=1S/C17H21NO2/c1-16(2)15(17(16,3)4)14(19)13(10-18)11-7-6-8-12(9-11)20-5/h6-9,13,15H,1-5H3. The van der Waals surface area contributed by atoms with E-state index in [1.54, 1.807) is 13.2 Å². The van der Waals surface area contributed by atoms with Crippen LogP contribution in [0.15, 0.2) is 24.3 Å². The second-order valence-electron chi connectivity index (χ2n) is 6.62. The highest BCUT2D eigenvalue weighted by Crippen LogP contribution is 2.69. The number of nitriles is 1. The normalized spacial score (nSPS) is 20.8. The van der Waals surface area contributed by atoms with Gasteiger partial charge in [-0.15, -0.1) is 0 Å². The number of Topliss-reactive ketones (excluding diaryl/α,β-unsaturated/α-hetero) is 1. The molecule has 0 spiro atoms. The molecule has 3 heteroatoms. The molecule has 0 aliphatic heterocycles. The van der Waals surface area contributed by atoms with Crippen LogP contribution in [-0.2, 0) is 4.79 Å². The van der Waals surface area contributed by atoms with Crippen molar-refractivity contribution in [2.24, 2.45) is 16.7 Å². The minimum absolute atomic E-state index is 0.0238. The third kappa shape index (κ3) is 2.00. The van der Waals surface area contributed by atoms with Gasteiger partial charge in [0, 0.05) is 5.92 Å². The van der Waals surface area contributed by atoms with Crippen LogP contribution >= 0.6 is 0 Å². The SMILES string of the molecule is COc1cccc(C(C#N)C(=O)C2C(C)(C)C2(C)C)c1. The number of carbonyl (C=O) groups excluding carboxylic acids is 1. The molecule has 1 saturated carbocycles. The monoisotopic (exact) mass is 271 g/mol. The molecule has 0 amide bonds. The molecule has 20 heavy (non-hydrogen) atoms. The lowest BCUT2D eigenvalue weighted by atomic mass is 9.90. The zero-order valence-electron chi connectivity index (χ0n) is 12.7. The summed E-state index contributed by atoms with van der Waals surface area (Å²) in [5.41, 5.74) is 0.631. The Morgan fingerprint density at radius 3 is 2.35 bits per heavy atom. The molecule has 0 N–H and O–H groups in total. The Hall–Kier alpha value is -1.82. The van der Waals surface area contributed by atoms with Gasteiger partial charge in [0.1, 0.15) is 11.7 Å². The van der Waals surface area contributed by atoms with Crippen molar-refractivity contribution in [3.05, 3.63) is 29.8 Å². The van der Waals surface area contributed by atoms with E-state index in [1.165, 1.54) is 0 Å². The number of benzene rings is 1. The molecule has 106 valence electrons. The van der Waals surface area contributed by atoms with Gasteiger partial charge < -0.3 is 4.74 Å². The smallest absolute Gasteiger partial charge is 0.158 e. The molecule has 2 rings (SSSR count). The largest absolute Gasteiger partial charge is 0.497 e. The van der Waals surface area contributed by atoms with E-state index in [0.29, 0.717) is 5.75 Å². The predicted octanol–water partition coefficient (Wildman–Crippen LogP) is 3.55. The molecule has 1 atom stereocenters. The average molecular weight is 271 g/mol. The summed E-state index contributed by atoms with van der Waals surface area (Å²) < 4.78 is 5.17. The highest BCUT2D eigenvalue weighted by Gasteiger charge is 2.68. The number of ketones is 1. The molecule has 1 aliphatic carbocycles. The average Bonchev–Trinajstić information content (AvgIpc) is 2.80. The van der Waals surface area contributed by atoms with Crippen LogP contribution in [0.2, 0.25) is 0 Å². The summed E-state index contributed by atoms with van der Waals surface area (Å²) in [7, 11) is 1.58. The van der Waals surface area contributed by atoms with Gasteiger partial charge in [-0.3, -0.25) is 4.79 Å². The van der Waals surface area contributed by atoms with Crippen molar-refractivity contribution >= 4 is 5.78 Å². The van der Waals surface area contributed by atoms with Crippen LogP contribution in [0, 0.1) is 28.1 Å². The maximum absolute atomic E-state index is 12.7. The highest BCUT2D eigenvalue weighted by molar-refractivity contribution is 5.94. The lowest BCUT2D eigenvalue weighted by Crippen LogP contribution is -2.16. The predicted molar refractivity (Wildman–Crippen MR) is 77.4 cm³/mol. The zero-order valence-corrected chi connectivity index (χ0v) is 12.7. The van der Waals surface area contributed by atoms with Gasteiger partial charge in [-0.25, -0.2) is 0 Å². The molecule has 0 heterocycles. The Morgan fingerprint density at radius 1 is 1.30 bits per heavy atom. The molecule has 1 aromatic rings. The summed E-state index contributed by atoms with van der Waals surface area (Å²) in [5.74, 6) is -0.0809. The maximum Gasteiger partial charge on any atom is 0.158 e. The Labute approximate surface area is 120 Å². The van der Waals surface area contributed by atoms with E-state index in [1.807, 2.05) is 18.2 Å². The summed E-state index contributed by atoms with van der Waals surface area (Å²) in [4.78, 5) is 12.7. The van der Waals surface area contributed by atoms with Crippen molar-refractivity contribution in [2.75, 3.05) is 7.11 Å². The second kappa shape index (κ2) is 4.63. The van der Waals surface area contributed by atoms with Crippen LogP contribution < -0.4 is 4.74 Å². The van der Waals surface area contributed by atoms with Gasteiger partial charge >= 0.3 is 0 Å². The summed E-state index contributed by atoms with van der Waals surface area (Å²) in [6.45, 7) is 8.37. The molecule has 0 radical (unpaired) electrons. The van der Waals surface area contributed by atoms with E-state index in [9.17, 15) is 10.1 Å². The van der Waals surface area contributed by atoms with Gasteiger partial charge in [0.05, 0.1) is 13.2 Å². The number of methoxy groups -OCH3 is 1. The van der Waals surface area contributed by atoms with E-state index in [0.717, 1.165) is 5.56 Å². The van der Waals surface area contributed by atoms with Gasteiger partial charge in [-0.1, -0.05) is 39.8 Å². The Kier molecular flexibility index (Phi) is 3.37. The topological polar surface area (TPSA) is 50.1 Å². The van der Waals surface area contributed by atoms with Crippen LogP contribution in [0.5, 0.6) is 5.75 Å². The first kappa shape index (κ1) is 14.6. The summed E-state index contributed by atoms with van der Waals surface area (Å²) >= 11 is 0. The Bertz CT molecular complexity index is 567. The molecule has 1 fully saturated rings. The van der Waals surface area contributed by atoms with Crippen molar-refractivity contribution in [3.63, 3.8) is 0 Å². The van der Waals surface area contributed by atoms with E-state index in [4.69, 9.17) is 4.74 Å². The Balaban J connectivity index is 2.30. The lowest BCUT2D eigenvalue weighted by Gasteiger charge is -2.11. The Morgan fingerprint density at radius 2 is 1.90 bits per heavy atom. The van der Waals surface area contributed by atoms with Crippen molar-refractivity contribution in [2.45, 2.75) is 33.6 Å². The molecule has 0 aromatic heterocycles. The van der Waals surface area contributed by atoms with Gasteiger partial charge in [-0.2, -0.15) is 5.26 Å². The summed E-state index contributed by atoms with van der Waals surface area (Å²) in [5, 5.41) is 9.42. The molecule has 1 unspecified atom stereocenters. The molecule has 0 saturated heterocycles. The molecular weight excluding hydrogens is 250 g/mol. The van der Waals surface area contributed by atoms with Crippen LogP contribution in [0.3, 0.4) is 0 Å². The maximum atomic E-state index is 12.7. The van der Waals surface area contributed by atoms with E-state index < -0.39 is 5.92 Å². The van der Waals surface area contributed by atoms with Gasteiger partial charge in [0.25, 0.3) is 0 Å². The molecule has 1 aliphatic rings. The number of ether oxygens (including phenoxy) is 1. The van der Waals surface area contributed by atoms with Gasteiger partial charge in [0.2, 0.25) is 0 Å². The van der Waals surface area contributed by atoms with Crippen molar-refractivity contribution in [1.29, 1.82) is 5.26 Å². The van der Waals surface area contributed by atoms with E-state index in [-0.39, 0.29) is 22.5 Å². The lowest BCUT2D eigenvalue weighted by molar-refractivity contribution is -0.121.